The van der Waals surface area contributed by atoms with Crippen LogP contribution in [0.2, 0.25) is 0 Å². The highest BCUT2D eigenvalue weighted by Gasteiger charge is 2.30. The van der Waals surface area contributed by atoms with Crippen LogP contribution in [0.25, 0.3) is 0 Å². The third kappa shape index (κ3) is 2.45. The molecule has 0 fully saturated rings. The van der Waals surface area contributed by atoms with E-state index in [9.17, 15) is 8.42 Å². The number of sulfonamides is 1. The first-order valence-electron chi connectivity index (χ1n) is 6.37. The van der Waals surface area contributed by atoms with Crippen LogP contribution in [0.15, 0.2) is 76.0 Å². The lowest BCUT2D eigenvalue weighted by Gasteiger charge is -2.29. The molecule has 1 aromatic heterocycles. The number of nitrogens with zero attached hydrogens (tertiary/aromatic N) is 3. The van der Waals surface area contributed by atoms with Crippen molar-refractivity contribution in [2.75, 3.05) is 4.90 Å². The van der Waals surface area contributed by atoms with E-state index >= 15 is 0 Å². The third-order valence-electron chi connectivity index (χ3n) is 3.09. The zero-order chi connectivity index (χ0) is 14.9. The fourth-order valence-corrected chi connectivity index (χ4v) is 3.37. The average molecular weight is 299 g/mol. The van der Waals surface area contributed by atoms with Crippen molar-refractivity contribution in [3.63, 3.8) is 0 Å². The zero-order valence-electron chi connectivity index (χ0n) is 11.3. The van der Waals surface area contributed by atoms with Crippen molar-refractivity contribution in [1.29, 1.82) is 0 Å². The van der Waals surface area contributed by atoms with Crippen molar-refractivity contribution in [3.05, 3.63) is 66.7 Å². The molecule has 21 heavy (non-hydrogen) atoms. The maximum atomic E-state index is 12.1. The Labute approximate surface area is 123 Å². The summed E-state index contributed by atoms with van der Waals surface area (Å²) in [6, 6.07) is 1.68. The molecule has 0 unspecified atom stereocenters. The number of aromatic nitrogens is 1. The normalized spacial score (nSPS) is 19.4. The average Bonchev–Trinajstić information content (AvgIpc) is 2.40. The van der Waals surface area contributed by atoms with Gasteiger partial charge in [0.1, 0.15) is 10.7 Å². The lowest BCUT2D eigenvalue weighted by molar-refractivity contribution is 0.596. The summed E-state index contributed by atoms with van der Waals surface area (Å²) in [5.41, 5.74) is 1.39. The molecule has 0 atom stereocenters. The van der Waals surface area contributed by atoms with Crippen molar-refractivity contribution in [2.45, 2.75) is 11.8 Å². The largest absolute Gasteiger partial charge is 0.297 e. The number of fused-ring (bicyclic) bond motifs is 1. The number of hydrogen-bond donors (Lipinski definition) is 0. The summed E-state index contributed by atoms with van der Waals surface area (Å²) in [6.07, 6.45) is 16.2. The minimum atomic E-state index is -3.68. The predicted octanol–water partition coefficient (Wildman–Crippen LogP) is 2.57. The molecule has 0 spiro atoms. The first-order chi connectivity index (χ1) is 10.1. The second-order valence-corrected chi connectivity index (χ2v) is 6.09. The predicted molar refractivity (Wildman–Crippen MR) is 82.5 cm³/mol. The lowest BCUT2D eigenvalue weighted by Crippen LogP contribution is -2.32. The van der Waals surface area contributed by atoms with E-state index < -0.39 is 10.0 Å². The molecule has 106 valence electrons. The lowest BCUT2D eigenvalue weighted by atomic mass is 10.2. The van der Waals surface area contributed by atoms with E-state index in [4.69, 9.17) is 0 Å². The first kappa shape index (κ1) is 13.5. The number of hydrogen-bond acceptors (Lipinski definition) is 4. The van der Waals surface area contributed by atoms with Crippen LogP contribution < -0.4 is 4.90 Å². The summed E-state index contributed by atoms with van der Waals surface area (Å²) >= 11 is 0. The fraction of sp³-hybridized carbons (Fsp3) is 0.0667. The Balaban J connectivity index is 2.19. The molecule has 5 nitrogen and oxygen atoms in total. The third-order valence-corrected chi connectivity index (χ3v) is 4.47. The number of rotatable bonds is 1. The van der Waals surface area contributed by atoms with Gasteiger partial charge < -0.3 is 0 Å². The van der Waals surface area contributed by atoms with Crippen molar-refractivity contribution >= 4 is 21.5 Å². The van der Waals surface area contributed by atoms with Gasteiger partial charge in [0, 0.05) is 18.1 Å². The summed E-state index contributed by atoms with van der Waals surface area (Å²) in [5, 5.41) is 0. The van der Waals surface area contributed by atoms with Gasteiger partial charge in [0.05, 0.1) is 5.69 Å². The highest BCUT2D eigenvalue weighted by molar-refractivity contribution is 7.90. The Bertz CT molecular complexity index is 830. The molecule has 2 aliphatic rings. The van der Waals surface area contributed by atoms with Gasteiger partial charge in [-0.15, -0.1) is 4.40 Å². The molecular formula is C15H13N3O2S. The number of amidine groups is 1. The summed E-state index contributed by atoms with van der Waals surface area (Å²) < 4.78 is 28.1. The molecule has 0 N–H and O–H groups in total. The fourth-order valence-electron chi connectivity index (χ4n) is 2.23. The standard InChI is InChI=1S/C15H13N3O2S/c1-12-17-21(19,20)15-11-16-10-9-14(15)18(12)13-7-5-3-2-4-6-8-13/h2-11H,1H3. The van der Waals surface area contributed by atoms with Gasteiger partial charge in [-0.05, 0) is 25.1 Å². The molecule has 1 aromatic rings. The van der Waals surface area contributed by atoms with Gasteiger partial charge in [-0.1, -0.05) is 30.4 Å². The summed E-state index contributed by atoms with van der Waals surface area (Å²) in [5.74, 6) is 0.405. The maximum Gasteiger partial charge on any atom is 0.287 e. The molecule has 0 saturated heterocycles. The Kier molecular flexibility index (Phi) is 3.31. The van der Waals surface area contributed by atoms with Crippen LogP contribution in [0.1, 0.15) is 6.92 Å². The van der Waals surface area contributed by atoms with E-state index in [0.717, 1.165) is 5.70 Å². The number of pyridine rings is 1. The van der Waals surface area contributed by atoms with E-state index in [2.05, 4.69) is 9.38 Å². The van der Waals surface area contributed by atoms with Crippen LogP contribution in [0.3, 0.4) is 0 Å². The van der Waals surface area contributed by atoms with Gasteiger partial charge in [-0.3, -0.25) is 9.88 Å². The summed E-state index contributed by atoms with van der Waals surface area (Å²) in [7, 11) is -3.68. The van der Waals surface area contributed by atoms with Crippen molar-refractivity contribution < 1.29 is 8.42 Å². The smallest absolute Gasteiger partial charge is 0.287 e. The molecule has 6 heteroatoms. The van der Waals surface area contributed by atoms with E-state index in [0.29, 0.717) is 11.5 Å². The van der Waals surface area contributed by atoms with Crippen LogP contribution in [0, 0.1) is 0 Å². The highest BCUT2D eigenvalue weighted by Crippen LogP contribution is 2.33. The molecule has 0 saturated carbocycles. The topological polar surface area (TPSA) is 62.6 Å². The van der Waals surface area contributed by atoms with Crippen LogP contribution in [0.4, 0.5) is 5.69 Å². The van der Waals surface area contributed by atoms with E-state index in [1.807, 2.05) is 42.5 Å². The van der Waals surface area contributed by atoms with Gasteiger partial charge in [-0.2, -0.15) is 8.42 Å². The van der Waals surface area contributed by atoms with Gasteiger partial charge in [0.2, 0.25) is 0 Å². The minimum absolute atomic E-state index is 0.117. The van der Waals surface area contributed by atoms with Gasteiger partial charge in [-0.25, -0.2) is 0 Å². The molecule has 1 aliphatic carbocycles. The molecule has 0 bridgehead atoms. The van der Waals surface area contributed by atoms with Crippen molar-refractivity contribution in [2.24, 2.45) is 4.40 Å². The summed E-state index contributed by atoms with van der Waals surface area (Å²) in [6.45, 7) is 1.67. The van der Waals surface area contributed by atoms with E-state index in [1.54, 1.807) is 24.1 Å². The molecule has 2 heterocycles. The Hall–Kier alpha value is -2.47. The molecule has 3 rings (SSSR count). The Morgan fingerprint density at radius 3 is 2.71 bits per heavy atom. The van der Waals surface area contributed by atoms with E-state index in [1.165, 1.54) is 6.20 Å². The van der Waals surface area contributed by atoms with Gasteiger partial charge in [0.25, 0.3) is 10.0 Å². The molecule has 0 aromatic carbocycles. The monoisotopic (exact) mass is 299 g/mol. The Morgan fingerprint density at radius 2 is 1.86 bits per heavy atom. The van der Waals surface area contributed by atoms with Gasteiger partial charge >= 0.3 is 0 Å². The van der Waals surface area contributed by atoms with Crippen LogP contribution in [0.5, 0.6) is 0 Å². The number of anilines is 1. The van der Waals surface area contributed by atoms with Crippen LogP contribution >= 0.6 is 0 Å². The molecular weight excluding hydrogens is 286 g/mol. The quantitative estimate of drug-likeness (QED) is 0.799. The van der Waals surface area contributed by atoms with Crippen molar-refractivity contribution in [1.82, 2.24) is 4.98 Å². The van der Waals surface area contributed by atoms with Gasteiger partial charge in [0.15, 0.2) is 0 Å². The highest BCUT2D eigenvalue weighted by atomic mass is 32.2. The zero-order valence-corrected chi connectivity index (χ0v) is 12.2. The molecule has 1 aliphatic heterocycles. The Morgan fingerprint density at radius 1 is 1.10 bits per heavy atom. The maximum absolute atomic E-state index is 12.1. The second kappa shape index (κ2) is 5.14. The molecule has 0 amide bonds. The second-order valence-electron chi connectivity index (χ2n) is 4.51. The summed E-state index contributed by atoms with van der Waals surface area (Å²) in [4.78, 5) is 5.81. The molecule has 0 radical (unpaired) electrons. The van der Waals surface area contributed by atoms with Crippen LogP contribution in [-0.2, 0) is 10.0 Å². The first-order valence-corrected chi connectivity index (χ1v) is 7.81. The number of allylic oxidation sites excluding steroid dienone is 7. The van der Waals surface area contributed by atoms with Crippen molar-refractivity contribution in [3.8, 4) is 0 Å². The SMILES string of the molecule is CC1=NS(=O)(=O)c2cnccc2N1C1=CC=CC=CC=C1. The van der Waals surface area contributed by atoms with E-state index in [-0.39, 0.29) is 4.90 Å². The minimum Gasteiger partial charge on any atom is -0.297 e. The van der Waals surface area contributed by atoms with Crippen LogP contribution in [-0.4, -0.2) is 19.2 Å².